The van der Waals surface area contributed by atoms with Gasteiger partial charge in [0.25, 0.3) is 5.91 Å². The minimum absolute atomic E-state index is 0.0717. The first-order chi connectivity index (χ1) is 9.99. The summed E-state index contributed by atoms with van der Waals surface area (Å²) in [6, 6.07) is 0.228. The van der Waals surface area contributed by atoms with Crippen LogP contribution in [0.25, 0.3) is 0 Å². The van der Waals surface area contributed by atoms with Gasteiger partial charge in [0.2, 0.25) is 5.91 Å². The van der Waals surface area contributed by atoms with E-state index in [2.05, 4.69) is 12.2 Å². The van der Waals surface area contributed by atoms with Gasteiger partial charge in [0.05, 0.1) is 19.0 Å². The van der Waals surface area contributed by atoms with Crippen LogP contribution in [0.15, 0.2) is 0 Å². The van der Waals surface area contributed by atoms with Gasteiger partial charge in [-0.1, -0.05) is 19.8 Å². The van der Waals surface area contributed by atoms with Crippen molar-refractivity contribution in [2.75, 3.05) is 13.1 Å². The standard InChI is InChI=1S/C16H29N3O2/c1-11-6-3-4-8-14(11)18-16(21)12(2)19-9-5-7-13(10-19)15(17)20/h11-14H,3-10H2,1-2H3,(H2,17,20)(H,18,21)/p+1/t11-,12-,13+,14-/m1/s1. The summed E-state index contributed by atoms with van der Waals surface area (Å²) in [5.41, 5.74) is 5.42. The number of carbonyl (C=O) groups excluding carboxylic acids is 2. The summed E-state index contributed by atoms with van der Waals surface area (Å²) in [6.45, 7) is 5.86. The van der Waals surface area contributed by atoms with Crippen molar-refractivity contribution < 1.29 is 14.5 Å². The molecule has 0 spiro atoms. The highest BCUT2D eigenvalue weighted by atomic mass is 16.2. The summed E-state index contributed by atoms with van der Waals surface area (Å²) in [5, 5.41) is 3.23. The highest BCUT2D eigenvalue weighted by Crippen LogP contribution is 2.23. The number of rotatable bonds is 4. The van der Waals surface area contributed by atoms with E-state index in [-0.39, 0.29) is 23.8 Å². The molecule has 5 heteroatoms. The van der Waals surface area contributed by atoms with Gasteiger partial charge in [0, 0.05) is 6.04 Å². The lowest BCUT2D eigenvalue weighted by Gasteiger charge is -2.34. The summed E-state index contributed by atoms with van der Waals surface area (Å²) < 4.78 is 0. The van der Waals surface area contributed by atoms with Gasteiger partial charge >= 0.3 is 0 Å². The number of hydrogen-bond donors (Lipinski definition) is 3. The molecule has 0 aromatic carbocycles. The summed E-state index contributed by atoms with van der Waals surface area (Å²) in [5.74, 6) is 0.414. The third-order valence-corrected chi connectivity index (χ3v) is 5.41. The maximum Gasteiger partial charge on any atom is 0.278 e. The Morgan fingerprint density at radius 2 is 1.90 bits per heavy atom. The van der Waals surface area contributed by atoms with Gasteiger partial charge in [-0.3, -0.25) is 9.59 Å². The maximum absolute atomic E-state index is 12.5. The minimum Gasteiger partial charge on any atom is -0.369 e. The monoisotopic (exact) mass is 296 g/mol. The first-order valence-electron chi connectivity index (χ1n) is 8.43. The summed E-state index contributed by atoms with van der Waals surface area (Å²) in [7, 11) is 0. The van der Waals surface area contributed by atoms with Crippen molar-refractivity contribution in [2.45, 2.75) is 64.5 Å². The van der Waals surface area contributed by atoms with Crippen molar-refractivity contribution in [1.82, 2.24) is 5.32 Å². The normalized spacial score (nSPS) is 35.0. The van der Waals surface area contributed by atoms with Crippen LogP contribution < -0.4 is 16.0 Å². The Kier molecular flexibility index (Phi) is 5.62. The SMILES string of the molecule is C[C@@H]1CCCC[C@H]1NC(=O)[C@@H](C)[NH+]1CCC[C@H](C(N)=O)C1. The molecule has 1 aliphatic heterocycles. The molecule has 0 radical (unpaired) electrons. The van der Waals surface area contributed by atoms with Gasteiger partial charge in [-0.2, -0.15) is 0 Å². The van der Waals surface area contributed by atoms with E-state index in [0.717, 1.165) is 25.8 Å². The van der Waals surface area contributed by atoms with E-state index in [4.69, 9.17) is 5.73 Å². The van der Waals surface area contributed by atoms with E-state index in [1.807, 2.05) is 6.92 Å². The average Bonchev–Trinajstić information content (AvgIpc) is 2.49. The first kappa shape index (κ1) is 16.3. The van der Waals surface area contributed by atoms with Gasteiger partial charge < -0.3 is 16.0 Å². The van der Waals surface area contributed by atoms with E-state index in [0.29, 0.717) is 18.5 Å². The Balaban J connectivity index is 1.87. The molecule has 2 amide bonds. The lowest BCUT2D eigenvalue weighted by molar-refractivity contribution is -0.921. The fourth-order valence-corrected chi connectivity index (χ4v) is 3.76. The van der Waals surface area contributed by atoms with Crippen LogP contribution in [0.1, 0.15) is 52.4 Å². The van der Waals surface area contributed by atoms with Gasteiger partial charge in [-0.25, -0.2) is 0 Å². The molecule has 1 heterocycles. The number of primary amides is 1. The number of likely N-dealkylation sites (tertiary alicyclic amines) is 1. The molecule has 1 saturated heterocycles. The molecule has 0 aromatic heterocycles. The Hall–Kier alpha value is -1.10. The van der Waals surface area contributed by atoms with Crippen molar-refractivity contribution >= 4 is 11.8 Å². The highest BCUT2D eigenvalue weighted by molar-refractivity contribution is 5.80. The molecule has 5 nitrogen and oxygen atoms in total. The van der Waals surface area contributed by atoms with E-state index < -0.39 is 0 Å². The lowest BCUT2D eigenvalue weighted by Crippen LogP contribution is -3.18. The minimum atomic E-state index is -0.222. The number of carbonyl (C=O) groups is 2. The third kappa shape index (κ3) is 4.19. The van der Waals surface area contributed by atoms with Crippen molar-refractivity contribution in [1.29, 1.82) is 0 Å². The maximum atomic E-state index is 12.5. The Labute approximate surface area is 127 Å². The van der Waals surface area contributed by atoms with Gasteiger partial charge in [-0.15, -0.1) is 0 Å². The molecular weight excluding hydrogens is 266 g/mol. The van der Waals surface area contributed by atoms with Crippen LogP contribution in [0, 0.1) is 11.8 Å². The Morgan fingerprint density at radius 3 is 2.57 bits per heavy atom. The van der Waals surface area contributed by atoms with Gasteiger partial charge in [-0.05, 0) is 38.5 Å². The van der Waals surface area contributed by atoms with Crippen LogP contribution in [-0.4, -0.2) is 37.0 Å². The Bertz CT molecular complexity index is 386. The Morgan fingerprint density at radius 1 is 1.19 bits per heavy atom. The molecule has 1 saturated carbocycles. The number of amides is 2. The number of quaternary nitrogens is 1. The molecule has 1 unspecified atom stereocenters. The molecule has 21 heavy (non-hydrogen) atoms. The number of piperidine rings is 1. The zero-order valence-electron chi connectivity index (χ0n) is 13.4. The molecule has 120 valence electrons. The zero-order valence-corrected chi connectivity index (χ0v) is 13.4. The zero-order chi connectivity index (χ0) is 15.4. The second-order valence-electron chi connectivity index (χ2n) is 6.95. The number of hydrogen-bond acceptors (Lipinski definition) is 2. The molecule has 4 N–H and O–H groups in total. The van der Waals surface area contributed by atoms with Crippen LogP contribution >= 0.6 is 0 Å². The van der Waals surface area contributed by atoms with Crippen molar-refractivity contribution in [3.63, 3.8) is 0 Å². The molecule has 2 rings (SSSR count). The van der Waals surface area contributed by atoms with E-state index in [9.17, 15) is 9.59 Å². The van der Waals surface area contributed by atoms with E-state index >= 15 is 0 Å². The second-order valence-corrected chi connectivity index (χ2v) is 6.95. The fraction of sp³-hybridized carbons (Fsp3) is 0.875. The molecule has 1 aliphatic carbocycles. The first-order valence-corrected chi connectivity index (χ1v) is 8.43. The van der Waals surface area contributed by atoms with Crippen molar-refractivity contribution in [3.05, 3.63) is 0 Å². The van der Waals surface area contributed by atoms with Crippen LogP contribution in [0.3, 0.4) is 0 Å². The molecular formula is C16H30N3O2+. The predicted octanol–water partition coefficient (Wildman–Crippen LogP) is -0.150. The van der Waals surface area contributed by atoms with E-state index in [1.54, 1.807) is 0 Å². The van der Waals surface area contributed by atoms with Crippen LogP contribution in [0.2, 0.25) is 0 Å². The molecule has 0 aromatic rings. The van der Waals surface area contributed by atoms with Crippen molar-refractivity contribution in [3.8, 4) is 0 Å². The van der Waals surface area contributed by atoms with Gasteiger partial charge in [0.15, 0.2) is 6.04 Å². The third-order valence-electron chi connectivity index (χ3n) is 5.41. The smallest absolute Gasteiger partial charge is 0.278 e. The van der Waals surface area contributed by atoms with E-state index in [1.165, 1.54) is 24.2 Å². The second kappa shape index (κ2) is 7.25. The molecule has 5 atom stereocenters. The predicted molar refractivity (Wildman–Crippen MR) is 81.6 cm³/mol. The summed E-state index contributed by atoms with van der Waals surface area (Å²) in [6.07, 6.45) is 6.64. The molecule has 2 aliphatic rings. The highest BCUT2D eigenvalue weighted by Gasteiger charge is 2.34. The number of nitrogens with two attached hydrogens (primary N) is 1. The number of nitrogens with one attached hydrogen (secondary N) is 2. The van der Waals surface area contributed by atoms with Crippen LogP contribution in [0.4, 0.5) is 0 Å². The lowest BCUT2D eigenvalue weighted by atomic mass is 9.86. The van der Waals surface area contributed by atoms with Gasteiger partial charge in [0.1, 0.15) is 0 Å². The molecule has 0 bridgehead atoms. The summed E-state index contributed by atoms with van der Waals surface area (Å²) in [4.78, 5) is 25.0. The summed E-state index contributed by atoms with van der Waals surface area (Å²) >= 11 is 0. The van der Waals surface area contributed by atoms with Crippen molar-refractivity contribution in [2.24, 2.45) is 17.6 Å². The quantitative estimate of drug-likeness (QED) is 0.675. The molecule has 2 fully saturated rings. The fourth-order valence-electron chi connectivity index (χ4n) is 3.76. The van der Waals surface area contributed by atoms with Crippen LogP contribution in [-0.2, 0) is 9.59 Å². The van der Waals surface area contributed by atoms with Crippen LogP contribution in [0.5, 0.6) is 0 Å². The average molecular weight is 296 g/mol. The largest absolute Gasteiger partial charge is 0.369 e. The topological polar surface area (TPSA) is 76.6 Å².